The van der Waals surface area contributed by atoms with Crippen molar-refractivity contribution in [2.75, 3.05) is 24.5 Å². The quantitative estimate of drug-likeness (QED) is 0.919. The molecule has 0 saturated carbocycles. The van der Waals surface area contributed by atoms with E-state index in [4.69, 9.17) is 4.98 Å². The van der Waals surface area contributed by atoms with E-state index in [1.807, 2.05) is 12.1 Å². The van der Waals surface area contributed by atoms with Crippen LogP contribution >= 0.6 is 0 Å². The molecule has 0 amide bonds. The number of halogens is 1. The largest absolute Gasteiger partial charge is 0.342 e. The number of aromatic amines is 1. The van der Waals surface area contributed by atoms with E-state index in [2.05, 4.69) is 21.7 Å². The van der Waals surface area contributed by atoms with E-state index in [0.29, 0.717) is 36.9 Å². The third-order valence-corrected chi connectivity index (χ3v) is 5.45. The zero-order chi connectivity index (χ0) is 18.1. The molecular formula is C20H25FN4O. The highest BCUT2D eigenvalue weighted by atomic mass is 19.1. The van der Waals surface area contributed by atoms with Crippen molar-refractivity contribution in [3.63, 3.8) is 0 Å². The number of nitrogens with one attached hydrogen (secondary N) is 1. The molecule has 26 heavy (non-hydrogen) atoms. The van der Waals surface area contributed by atoms with Gasteiger partial charge in [0.25, 0.3) is 5.56 Å². The summed E-state index contributed by atoms with van der Waals surface area (Å²) in [6, 6.07) is 6.87. The lowest BCUT2D eigenvalue weighted by Crippen LogP contribution is -2.39. The number of hydrogen-bond donors (Lipinski definition) is 1. The van der Waals surface area contributed by atoms with Crippen LogP contribution in [0, 0.1) is 11.7 Å². The van der Waals surface area contributed by atoms with Crippen LogP contribution in [-0.2, 0) is 19.5 Å². The molecular weight excluding hydrogens is 331 g/mol. The standard InChI is InChI=1S/C20H25FN4O/c1-14-5-4-9-25(11-14)20-22-18-13-24(10-8-16(18)19(26)23-20)12-15-6-2-3-7-17(15)21/h2-3,6-7,14H,4-5,8-13H2,1H3,(H,22,23,26)/t14-/m1/s1. The number of anilines is 1. The maximum absolute atomic E-state index is 13.9. The van der Waals surface area contributed by atoms with E-state index in [1.54, 1.807) is 6.07 Å². The van der Waals surface area contributed by atoms with Gasteiger partial charge in [-0.2, -0.15) is 0 Å². The fourth-order valence-electron chi connectivity index (χ4n) is 4.01. The Labute approximate surface area is 152 Å². The fourth-order valence-corrected chi connectivity index (χ4v) is 4.01. The van der Waals surface area contributed by atoms with Crippen molar-refractivity contribution >= 4 is 5.95 Å². The molecule has 6 heteroatoms. The van der Waals surface area contributed by atoms with Crippen molar-refractivity contribution in [3.8, 4) is 0 Å². The molecule has 3 heterocycles. The van der Waals surface area contributed by atoms with Crippen LogP contribution in [0.1, 0.15) is 36.6 Å². The first kappa shape index (κ1) is 17.2. The minimum absolute atomic E-state index is 0.0197. The summed E-state index contributed by atoms with van der Waals surface area (Å²) in [5.41, 5.74) is 2.28. The number of piperidine rings is 1. The molecule has 0 bridgehead atoms. The molecule has 0 unspecified atom stereocenters. The number of aromatic nitrogens is 2. The van der Waals surface area contributed by atoms with Gasteiger partial charge in [-0.15, -0.1) is 0 Å². The van der Waals surface area contributed by atoms with Crippen LogP contribution in [0.15, 0.2) is 29.1 Å². The molecule has 5 nitrogen and oxygen atoms in total. The molecule has 1 fully saturated rings. The van der Waals surface area contributed by atoms with Crippen molar-refractivity contribution in [2.45, 2.75) is 39.3 Å². The van der Waals surface area contributed by atoms with Gasteiger partial charge in [0, 0.05) is 43.9 Å². The Hall–Kier alpha value is -2.21. The Balaban J connectivity index is 1.56. The third kappa shape index (κ3) is 3.51. The van der Waals surface area contributed by atoms with Crippen molar-refractivity contribution in [1.29, 1.82) is 0 Å². The van der Waals surface area contributed by atoms with E-state index >= 15 is 0 Å². The SMILES string of the molecule is C[C@@H]1CCCN(c2nc3c(c(=O)[nH]2)CCN(Cc2ccccc2F)C3)C1. The molecule has 2 aliphatic rings. The summed E-state index contributed by atoms with van der Waals surface area (Å²) in [5, 5.41) is 0. The molecule has 138 valence electrons. The molecule has 0 spiro atoms. The molecule has 2 aromatic rings. The zero-order valence-electron chi connectivity index (χ0n) is 15.2. The zero-order valence-corrected chi connectivity index (χ0v) is 15.2. The summed E-state index contributed by atoms with van der Waals surface area (Å²) >= 11 is 0. The maximum Gasteiger partial charge on any atom is 0.255 e. The van der Waals surface area contributed by atoms with Gasteiger partial charge in [-0.25, -0.2) is 9.37 Å². The summed E-state index contributed by atoms with van der Waals surface area (Å²) in [4.78, 5) is 24.6. The van der Waals surface area contributed by atoms with Gasteiger partial charge in [-0.3, -0.25) is 14.7 Å². The second-order valence-corrected chi connectivity index (χ2v) is 7.56. The van der Waals surface area contributed by atoms with Gasteiger partial charge >= 0.3 is 0 Å². The van der Waals surface area contributed by atoms with E-state index < -0.39 is 0 Å². The Bertz CT molecular complexity index is 850. The monoisotopic (exact) mass is 356 g/mol. The van der Waals surface area contributed by atoms with Crippen LogP contribution < -0.4 is 10.5 Å². The summed E-state index contributed by atoms with van der Waals surface area (Å²) in [7, 11) is 0. The van der Waals surface area contributed by atoms with Crippen molar-refractivity contribution in [3.05, 3.63) is 57.3 Å². The molecule has 0 aliphatic carbocycles. The van der Waals surface area contributed by atoms with Gasteiger partial charge in [-0.05, 0) is 31.2 Å². The van der Waals surface area contributed by atoms with Crippen LogP contribution in [0.5, 0.6) is 0 Å². The predicted molar refractivity (Wildman–Crippen MR) is 99.7 cm³/mol. The Kier molecular flexibility index (Phi) is 4.76. The number of hydrogen-bond acceptors (Lipinski definition) is 4. The third-order valence-electron chi connectivity index (χ3n) is 5.45. The number of nitrogens with zero attached hydrogens (tertiary/aromatic N) is 3. The molecule has 2 aliphatic heterocycles. The van der Waals surface area contributed by atoms with E-state index in [0.717, 1.165) is 37.3 Å². The molecule has 1 atom stereocenters. The molecule has 1 saturated heterocycles. The second-order valence-electron chi connectivity index (χ2n) is 7.56. The highest BCUT2D eigenvalue weighted by Crippen LogP contribution is 2.22. The van der Waals surface area contributed by atoms with Crippen LogP contribution in [0.2, 0.25) is 0 Å². The van der Waals surface area contributed by atoms with Crippen molar-refractivity contribution in [1.82, 2.24) is 14.9 Å². The predicted octanol–water partition coefficient (Wildman–Crippen LogP) is 2.70. The average Bonchev–Trinajstić information content (AvgIpc) is 2.63. The molecule has 0 radical (unpaired) electrons. The number of fused-ring (bicyclic) bond motifs is 1. The van der Waals surface area contributed by atoms with Gasteiger partial charge in [0.2, 0.25) is 5.95 Å². The average molecular weight is 356 g/mol. The van der Waals surface area contributed by atoms with Crippen molar-refractivity contribution < 1.29 is 4.39 Å². The first-order chi connectivity index (χ1) is 12.6. The number of H-pyrrole nitrogens is 1. The highest BCUT2D eigenvalue weighted by Gasteiger charge is 2.24. The van der Waals surface area contributed by atoms with E-state index in [-0.39, 0.29) is 11.4 Å². The molecule has 4 rings (SSSR count). The van der Waals surface area contributed by atoms with Crippen LogP contribution in [-0.4, -0.2) is 34.5 Å². The van der Waals surface area contributed by atoms with Gasteiger partial charge in [0.15, 0.2) is 0 Å². The molecule has 1 aromatic heterocycles. The van der Waals surface area contributed by atoms with Crippen molar-refractivity contribution in [2.24, 2.45) is 5.92 Å². The maximum atomic E-state index is 13.9. The van der Waals surface area contributed by atoms with Crippen LogP contribution in [0.4, 0.5) is 10.3 Å². The Morgan fingerprint density at radius 1 is 1.31 bits per heavy atom. The second kappa shape index (κ2) is 7.19. The summed E-state index contributed by atoms with van der Waals surface area (Å²) < 4.78 is 13.9. The van der Waals surface area contributed by atoms with Gasteiger partial charge < -0.3 is 4.90 Å². The molecule has 1 N–H and O–H groups in total. The number of rotatable bonds is 3. The van der Waals surface area contributed by atoms with Crippen LogP contribution in [0.3, 0.4) is 0 Å². The minimum atomic E-state index is -0.180. The lowest BCUT2D eigenvalue weighted by Gasteiger charge is -2.33. The topological polar surface area (TPSA) is 52.2 Å². The lowest BCUT2D eigenvalue weighted by molar-refractivity contribution is 0.237. The summed E-state index contributed by atoms with van der Waals surface area (Å²) in [5.74, 6) is 1.12. The molecule has 1 aromatic carbocycles. The first-order valence-electron chi connectivity index (χ1n) is 9.43. The van der Waals surface area contributed by atoms with E-state index in [1.165, 1.54) is 12.5 Å². The van der Waals surface area contributed by atoms with E-state index in [9.17, 15) is 9.18 Å². The minimum Gasteiger partial charge on any atom is -0.342 e. The Morgan fingerprint density at radius 3 is 2.96 bits per heavy atom. The smallest absolute Gasteiger partial charge is 0.255 e. The highest BCUT2D eigenvalue weighted by molar-refractivity contribution is 5.35. The summed E-state index contributed by atoms with van der Waals surface area (Å²) in [6.45, 7) is 5.97. The van der Waals surface area contributed by atoms with Gasteiger partial charge in [0.1, 0.15) is 5.82 Å². The number of benzene rings is 1. The fraction of sp³-hybridized carbons (Fsp3) is 0.500. The lowest BCUT2D eigenvalue weighted by atomic mass is 10.0. The Morgan fingerprint density at radius 2 is 2.15 bits per heavy atom. The van der Waals surface area contributed by atoms with Crippen LogP contribution in [0.25, 0.3) is 0 Å². The van der Waals surface area contributed by atoms with Gasteiger partial charge in [-0.1, -0.05) is 25.1 Å². The summed E-state index contributed by atoms with van der Waals surface area (Å²) in [6.07, 6.45) is 3.01. The normalized spacial score (nSPS) is 20.8. The van der Waals surface area contributed by atoms with Gasteiger partial charge in [0.05, 0.1) is 5.69 Å². The first-order valence-corrected chi connectivity index (χ1v) is 9.43.